The molecule has 0 saturated carbocycles. The van der Waals surface area contributed by atoms with Gasteiger partial charge in [-0.15, -0.1) is 0 Å². The fourth-order valence-electron chi connectivity index (χ4n) is 1.66. The number of aryl methyl sites for hydroxylation is 1. The largest absolute Gasteiger partial charge is 0.464 e. The molecular formula is C15H21NO3. The summed E-state index contributed by atoms with van der Waals surface area (Å²) in [4.78, 5) is 25.1. The highest BCUT2D eigenvalue weighted by Gasteiger charge is 2.16. The molecule has 0 aliphatic heterocycles. The average molecular weight is 263 g/mol. The molecule has 1 amide bonds. The Labute approximate surface area is 114 Å². The Balaban J connectivity index is 2.54. The van der Waals surface area contributed by atoms with Crippen LogP contribution in [-0.2, 0) is 9.53 Å². The summed E-state index contributed by atoms with van der Waals surface area (Å²) in [6.07, 6.45) is 1.83. The average Bonchev–Trinajstić information content (AvgIpc) is 2.38. The van der Waals surface area contributed by atoms with Crippen LogP contribution in [0.2, 0.25) is 0 Å². The fraction of sp³-hybridized carbons (Fsp3) is 0.467. The summed E-state index contributed by atoms with van der Waals surface area (Å²) >= 11 is 0. The number of amides is 1. The Hall–Kier alpha value is -1.84. The first-order valence-corrected chi connectivity index (χ1v) is 6.53. The predicted molar refractivity (Wildman–Crippen MR) is 74.0 cm³/mol. The smallest absolute Gasteiger partial charge is 0.325 e. The topological polar surface area (TPSA) is 46.6 Å². The minimum atomic E-state index is -0.363. The lowest BCUT2D eigenvalue weighted by molar-refractivity contribution is -0.144. The van der Waals surface area contributed by atoms with E-state index in [0.717, 1.165) is 18.4 Å². The summed E-state index contributed by atoms with van der Waals surface area (Å²) in [7, 11) is 1.61. The van der Waals surface area contributed by atoms with Gasteiger partial charge < -0.3 is 9.64 Å². The van der Waals surface area contributed by atoms with Gasteiger partial charge >= 0.3 is 5.97 Å². The quantitative estimate of drug-likeness (QED) is 0.585. The Morgan fingerprint density at radius 3 is 2.58 bits per heavy atom. The van der Waals surface area contributed by atoms with Gasteiger partial charge in [-0.05, 0) is 25.0 Å². The van der Waals surface area contributed by atoms with Crippen molar-refractivity contribution in [2.45, 2.75) is 26.7 Å². The molecule has 4 heteroatoms. The Bertz CT molecular complexity index is 443. The standard InChI is InChI=1S/C15H21NO3/c1-4-5-10-19-14(17)11-16(3)15(18)13-9-7-6-8-12(13)2/h6-9H,4-5,10-11H2,1-3H3. The van der Waals surface area contributed by atoms with Crippen LogP contribution in [0.1, 0.15) is 35.7 Å². The molecule has 0 heterocycles. The third kappa shape index (κ3) is 4.73. The summed E-state index contributed by atoms with van der Waals surface area (Å²) in [5.41, 5.74) is 1.52. The molecule has 0 fully saturated rings. The van der Waals surface area contributed by atoms with Crippen LogP contribution in [0, 0.1) is 6.92 Å². The number of carbonyl (C=O) groups is 2. The molecule has 19 heavy (non-hydrogen) atoms. The van der Waals surface area contributed by atoms with Crippen molar-refractivity contribution in [2.75, 3.05) is 20.2 Å². The van der Waals surface area contributed by atoms with Gasteiger partial charge in [0.05, 0.1) is 6.61 Å². The van der Waals surface area contributed by atoms with Gasteiger partial charge in [-0.1, -0.05) is 31.5 Å². The van der Waals surface area contributed by atoms with Crippen LogP contribution >= 0.6 is 0 Å². The summed E-state index contributed by atoms with van der Waals surface area (Å²) < 4.78 is 5.04. The molecule has 0 bridgehead atoms. The normalized spacial score (nSPS) is 10.1. The van der Waals surface area contributed by atoms with Gasteiger partial charge in [-0.3, -0.25) is 9.59 Å². The molecule has 0 aromatic heterocycles. The van der Waals surface area contributed by atoms with Gasteiger partial charge in [0, 0.05) is 12.6 Å². The van der Waals surface area contributed by atoms with Gasteiger partial charge in [-0.2, -0.15) is 0 Å². The molecule has 0 atom stereocenters. The number of benzene rings is 1. The minimum absolute atomic E-state index is 0.0170. The number of hydrogen-bond acceptors (Lipinski definition) is 3. The lowest BCUT2D eigenvalue weighted by atomic mass is 10.1. The zero-order valence-corrected chi connectivity index (χ0v) is 11.8. The highest BCUT2D eigenvalue weighted by atomic mass is 16.5. The number of unbranched alkanes of at least 4 members (excludes halogenated alkanes) is 1. The van der Waals surface area contributed by atoms with Crippen LogP contribution in [0.4, 0.5) is 0 Å². The Morgan fingerprint density at radius 1 is 1.26 bits per heavy atom. The molecule has 1 aromatic rings. The van der Waals surface area contributed by atoms with Gasteiger partial charge in [0.2, 0.25) is 0 Å². The molecule has 0 spiro atoms. The third-order valence-electron chi connectivity index (χ3n) is 2.85. The van der Waals surface area contributed by atoms with E-state index >= 15 is 0 Å². The maximum atomic E-state index is 12.1. The molecule has 1 aromatic carbocycles. The summed E-state index contributed by atoms with van der Waals surface area (Å²) in [5.74, 6) is -0.525. The maximum Gasteiger partial charge on any atom is 0.325 e. The van der Waals surface area contributed by atoms with Gasteiger partial charge in [0.15, 0.2) is 0 Å². The zero-order valence-electron chi connectivity index (χ0n) is 11.8. The van der Waals surface area contributed by atoms with E-state index in [1.165, 1.54) is 4.90 Å². The van der Waals surface area contributed by atoms with E-state index in [0.29, 0.717) is 12.2 Å². The number of carbonyl (C=O) groups excluding carboxylic acids is 2. The molecular weight excluding hydrogens is 242 g/mol. The van der Waals surface area contributed by atoms with E-state index in [1.54, 1.807) is 13.1 Å². The van der Waals surface area contributed by atoms with Crippen LogP contribution in [0.15, 0.2) is 24.3 Å². The first-order chi connectivity index (χ1) is 9.06. The van der Waals surface area contributed by atoms with Crippen molar-refractivity contribution >= 4 is 11.9 Å². The lowest BCUT2D eigenvalue weighted by Gasteiger charge is -2.17. The zero-order chi connectivity index (χ0) is 14.3. The van der Waals surface area contributed by atoms with Crippen molar-refractivity contribution in [3.8, 4) is 0 Å². The number of ether oxygens (including phenoxy) is 1. The molecule has 0 aliphatic rings. The van der Waals surface area contributed by atoms with Crippen LogP contribution in [0.25, 0.3) is 0 Å². The monoisotopic (exact) mass is 263 g/mol. The molecule has 1 rings (SSSR count). The van der Waals surface area contributed by atoms with Crippen LogP contribution in [-0.4, -0.2) is 37.0 Å². The number of hydrogen-bond donors (Lipinski definition) is 0. The van der Waals surface area contributed by atoms with E-state index in [2.05, 4.69) is 0 Å². The first-order valence-electron chi connectivity index (χ1n) is 6.53. The molecule has 0 saturated heterocycles. The van der Waals surface area contributed by atoms with Crippen LogP contribution in [0.5, 0.6) is 0 Å². The van der Waals surface area contributed by atoms with E-state index in [9.17, 15) is 9.59 Å². The Kier molecular flexibility index (Phi) is 6.06. The Morgan fingerprint density at radius 2 is 1.95 bits per heavy atom. The molecule has 0 aliphatic carbocycles. The number of likely N-dealkylation sites (N-methyl/N-ethyl adjacent to an activating group) is 1. The summed E-state index contributed by atoms with van der Waals surface area (Å²) in [6, 6.07) is 7.33. The number of nitrogens with zero attached hydrogens (tertiary/aromatic N) is 1. The second-order valence-electron chi connectivity index (χ2n) is 4.55. The highest BCUT2D eigenvalue weighted by Crippen LogP contribution is 2.09. The third-order valence-corrected chi connectivity index (χ3v) is 2.85. The van der Waals surface area contributed by atoms with Gasteiger partial charge in [0.25, 0.3) is 5.91 Å². The van der Waals surface area contributed by atoms with Gasteiger partial charge in [-0.25, -0.2) is 0 Å². The summed E-state index contributed by atoms with van der Waals surface area (Å²) in [6.45, 7) is 4.31. The van der Waals surface area contributed by atoms with Crippen molar-refractivity contribution in [1.29, 1.82) is 0 Å². The molecule has 104 valence electrons. The maximum absolute atomic E-state index is 12.1. The molecule has 0 N–H and O–H groups in total. The van der Waals surface area contributed by atoms with Crippen molar-refractivity contribution in [3.63, 3.8) is 0 Å². The van der Waals surface area contributed by atoms with E-state index in [1.807, 2.05) is 32.0 Å². The second kappa shape index (κ2) is 7.56. The molecule has 0 unspecified atom stereocenters. The predicted octanol–water partition coefficient (Wildman–Crippen LogP) is 2.41. The van der Waals surface area contributed by atoms with Crippen LogP contribution in [0.3, 0.4) is 0 Å². The second-order valence-corrected chi connectivity index (χ2v) is 4.55. The van der Waals surface area contributed by atoms with Crippen LogP contribution < -0.4 is 0 Å². The number of esters is 1. The SMILES string of the molecule is CCCCOC(=O)CN(C)C(=O)c1ccccc1C. The van der Waals surface area contributed by atoms with Crippen molar-refractivity contribution in [2.24, 2.45) is 0 Å². The van der Waals surface area contributed by atoms with Crippen molar-refractivity contribution < 1.29 is 14.3 Å². The number of rotatable bonds is 6. The summed E-state index contributed by atoms with van der Waals surface area (Å²) in [5, 5.41) is 0. The van der Waals surface area contributed by atoms with Gasteiger partial charge in [0.1, 0.15) is 6.54 Å². The van der Waals surface area contributed by atoms with E-state index in [4.69, 9.17) is 4.74 Å². The van der Waals surface area contributed by atoms with E-state index < -0.39 is 0 Å². The molecule has 0 radical (unpaired) electrons. The van der Waals surface area contributed by atoms with Crippen molar-refractivity contribution in [1.82, 2.24) is 4.90 Å². The van der Waals surface area contributed by atoms with Crippen molar-refractivity contribution in [3.05, 3.63) is 35.4 Å². The van der Waals surface area contributed by atoms with E-state index in [-0.39, 0.29) is 18.4 Å². The fourth-order valence-corrected chi connectivity index (χ4v) is 1.66. The molecule has 4 nitrogen and oxygen atoms in total. The minimum Gasteiger partial charge on any atom is -0.464 e. The highest BCUT2D eigenvalue weighted by molar-refractivity contribution is 5.97. The lowest BCUT2D eigenvalue weighted by Crippen LogP contribution is -2.33. The first kappa shape index (κ1) is 15.2.